The number of amidine groups is 1. The van der Waals surface area contributed by atoms with Crippen molar-refractivity contribution in [1.29, 1.82) is 0 Å². The van der Waals surface area contributed by atoms with Gasteiger partial charge in [-0.2, -0.15) is 5.10 Å². The lowest BCUT2D eigenvalue weighted by molar-refractivity contribution is 0.0508. The molecule has 0 aliphatic rings. The van der Waals surface area contributed by atoms with Crippen LogP contribution in [0.2, 0.25) is 10.0 Å². The normalized spacial score (nSPS) is 11.4. The quantitative estimate of drug-likeness (QED) is 0.372. The fourth-order valence-corrected chi connectivity index (χ4v) is 2.16. The molecule has 2 rings (SSSR count). The Balaban J connectivity index is 2.15. The number of nitrogens with two attached hydrogens (primary N) is 1. The van der Waals surface area contributed by atoms with Gasteiger partial charge in [-0.25, -0.2) is 4.79 Å². The van der Waals surface area contributed by atoms with Crippen LogP contribution in [-0.4, -0.2) is 22.0 Å². The summed E-state index contributed by atoms with van der Waals surface area (Å²) in [6.07, 6.45) is 1.42. The zero-order valence-electron chi connectivity index (χ0n) is 9.73. The highest BCUT2D eigenvalue weighted by Gasteiger charge is 2.14. The van der Waals surface area contributed by atoms with Crippen molar-refractivity contribution >= 4 is 50.9 Å². The Labute approximate surface area is 132 Å². The summed E-state index contributed by atoms with van der Waals surface area (Å²) in [5, 5.41) is 10.4. The van der Waals surface area contributed by atoms with Gasteiger partial charge in [-0.05, 0) is 34.1 Å². The summed E-state index contributed by atoms with van der Waals surface area (Å²) in [6, 6.07) is 4.68. The summed E-state index contributed by atoms with van der Waals surface area (Å²) in [6.45, 7) is 0. The molecule has 0 spiro atoms. The third-order valence-corrected chi connectivity index (χ3v) is 3.38. The van der Waals surface area contributed by atoms with E-state index in [2.05, 4.69) is 31.3 Å². The maximum Gasteiger partial charge on any atom is 0.384 e. The van der Waals surface area contributed by atoms with Crippen molar-refractivity contribution in [1.82, 2.24) is 10.2 Å². The Morgan fingerprint density at radius 2 is 2.20 bits per heavy atom. The molecule has 0 bridgehead atoms. The van der Waals surface area contributed by atoms with E-state index in [1.807, 2.05) is 0 Å². The molecule has 0 atom stereocenters. The van der Waals surface area contributed by atoms with Gasteiger partial charge in [0.25, 0.3) is 0 Å². The second-order valence-corrected chi connectivity index (χ2v) is 5.27. The van der Waals surface area contributed by atoms with Gasteiger partial charge in [0.15, 0.2) is 11.5 Å². The SMILES string of the molecule is N/C(=N\OC(=O)c1[nH]ncc1Br)c1ccc(Cl)cc1Cl. The van der Waals surface area contributed by atoms with Crippen LogP contribution in [0.3, 0.4) is 0 Å². The molecule has 1 aromatic carbocycles. The van der Waals surface area contributed by atoms with Crippen molar-refractivity contribution in [3.8, 4) is 0 Å². The predicted molar refractivity (Wildman–Crippen MR) is 78.9 cm³/mol. The molecule has 0 radical (unpaired) electrons. The van der Waals surface area contributed by atoms with Crippen molar-refractivity contribution in [3.63, 3.8) is 0 Å². The summed E-state index contributed by atoms with van der Waals surface area (Å²) in [4.78, 5) is 16.4. The lowest BCUT2D eigenvalue weighted by atomic mass is 10.2. The van der Waals surface area contributed by atoms with Crippen molar-refractivity contribution in [3.05, 3.63) is 50.2 Å². The first kappa shape index (κ1) is 14.8. The van der Waals surface area contributed by atoms with Gasteiger partial charge in [0, 0.05) is 10.6 Å². The number of rotatable bonds is 3. The standard InChI is InChI=1S/C11H7BrCl2N4O2/c12-7-4-16-17-9(7)11(19)20-18-10(15)6-2-1-5(13)3-8(6)14/h1-4H,(H2,15,18)(H,16,17). The van der Waals surface area contributed by atoms with Crippen molar-refractivity contribution in [2.45, 2.75) is 0 Å². The Bertz CT molecular complexity index is 687. The van der Waals surface area contributed by atoms with Crippen LogP contribution < -0.4 is 5.73 Å². The molecular weight excluding hydrogens is 371 g/mol. The number of nitrogens with zero attached hydrogens (tertiary/aromatic N) is 2. The van der Waals surface area contributed by atoms with E-state index in [4.69, 9.17) is 33.8 Å². The van der Waals surface area contributed by atoms with Gasteiger partial charge in [0.2, 0.25) is 0 Å². The van der Waals surface area contributed by atoms with Crippen molar-refractivity contribution in [2.75, 3.05) is 0 Å². The zero-order chi connectivity index (χ0) is 14.7. The minimum Gasteiger partial charge on any atom is -0.380 e. The summed E-state index contributed by atoms with van der Waals surface area (Å²) < 4.78 is 0.459. The molecule has 0 saturated carbocycles. The van der Waals surface area contributed by atoms with E-state index < -0.39 is 5.97 Å². The van der Waals surface area contributed by atoms with E-state index in [1.54, 1.807) is 12.1 Å². The van der Waals surface area contributed by atoms with Gasteiger partial charge in [0.1, 0.15) is 0 Å². The second kappa shape index (κ2) is 6.25. The maximum absolute atomic E-state index is 11.7. The molecule has 0 saturated heterocycles. The van der Waals surface area contributed by atoms with Crippen LogP contribution in [0.25, 0.3) is 0 Å². The average Bonchev–Trinajstić information content (AvgIpc) is 2.82. The topological polar surface area (TPSA) is 93.4 Å². The van der Waals surface area contributed by atoms with E-state index >= 15 is 0 Å². The minimum absolute atomic E-state index is 0.0457. The molecule has 3 N–H and O–H groups in total. The fourth-order valence-electron chi connectivity index (χ4n) is 1.30. The van der Waals surface area contributed by atoms with E-state index in [1.165, 1.54) is 12.3 Å². The lowest BCUT2D eigenvalue weighted by Crippen LogP contribution is -2.16. The molecule has 0 fully saturated rings. The molecular formula is C11H7BrCl2N4O2. The second-order valence-electron chi connectivity index (χ2n) is 3.57. The zero-order valence-corrected chi connectivity index (χ0v) is 12.8. The summed E-state index contributed by atoms with van der Waals surface area (Å²) in [7, 11) is 0. The largest absolute Gasteiger partial charge is 0.384 e. The highest BCUT2D eigenvalue weighted by molar-refractivity contribution is 9.10. The van der Waals surface area contributed by atoms with Crippen LogP contribution in [0.15, 0.2) is 34.0 Å². The highest BCUT2D eigenvalue weighted by Crippen LogP contribution is 2.21. The molecule has 9 heteroatoms. The fraction of sp³-hybridized carbons (Fsp3) is 0. The third-order valence-electron chi connectivity index (χ3n) is 2.23. The van der Waals surface area contributed by atoms with Crippen molar-refractivity contribution in [2.24, 2.45) is 10.9 Å². The summed E-state index contributed by atoms with van der Waals surface area (Å²) >= 11 is 14.9. The molecule has 6 nitrogen and oxygen atoms in total. The Morgan fingerprint density at radius 1 is 1.45 bits per heavy atom. The number of H-pyrrole nitrogens is 1. The van der Waals surface area contributed by atoms with Crippen molar-refractivity contribution < 1.29 is 9.63 Å². The molecule has 1 aromatic heterocycles. The van der Waals surface area contributed by atoms with E-state index in [0.717, 1.165) is 0 Å². The molecule has 0 amide bonds. The van der Waals surface area contributed by atoms with Gasteiger partial charge in [-0.1, -0.05) is 28.4 Å². The predicted octanol–water partition coefficient (Wildman–Crippen LogP) is 2.96. The first-order chi connectivity index (χ1) is 9.49. The number of hydrogen-bond donors (Lipinski definition) is 2. The number of aromatic nitrogens is 2. The average molecular weight is 378 g/mol. The van der Waals surface area contributed by atoms with Gasteiger partial charge in [-0.3, -0.25) is 5.10 Å². The molecule has 0 aliphatic carbocycles. The number of hydrogen-bond acceptors (Lipinski definition) is 4. The molecule has 1 heterocycles. The summed E-state index contributed by atoms with van der Waals surface area (Å²) in [5.41, 5.74) is 6.23. The molecule has 0 aliphatic heterocycles. The van der Waals surface area contributed by atoms with Crippen LogP contribution >= 0.6 is 39.1 Å². The molecule has 0 unspecified atom stereocenters. The third kappa shape index (κ3) is 3.30. The Kier molecular flexibility index (Phi) is 4.64. The van der Waals surface area contributed by atoms with Gasteiger partial charge in [-0.15, -0.1) is 0 Å². The monoisotopic (exact) mass is 376 g/mol. The van der Waals surface area contributed by atoms with Crippen LogP contribution in [0.1, 0.15) is 16.1 Å². The van der Waals surface area contributed by atoms with Crippen LogP contribution in [0.5, 0.6) is 0 Å². The molecule has 2 aromatic rings. The summed E-state index contributed by atoms with van der Waals surface area (Å²) in [5.74, 6) is -0.780. The Morgan fingerprint density at radius 3 is 2.80 bits per heavy atom. The Hall–Kier alpha value is -1.57. The number of halogens is 3. The van der Waals surface area contributed by atoms with Crippen LogP contribution in [0.4, 0.5) is 0 Å². The first-order valence-corrected chi connectivity index (χ1v) is 6.73. The number of carbonyl (C=O) groups is 1. The van der Waals surface area contributed by atoms with Crippen LogP contribution in [-0.2, 0) is 4.84 Å². The highest BCUT2D eigenvalue weighted by atomic mass is 79.9. The smallest absolute Gasteiger partial charge is 0.380 e. The number of carbonyl (C=O) groups excluding carboxylic acids is 1. The van der Waals surface area contributed by atoms with Gasteiger partial charge < -0.3 is 10.6 Å². The first-order valence-electron chi connectivity index (χ1n) is 5.18. The number of aromatic amines is 1. The number of nitrogens with one attached hydrogen (secondary N) is 1. The van der Waals surface area contributed by atoms with Gasteiger partial charge >= 0.3 is 5.97 Å². The number of benzene rings is 1. The molecule has 104 valence electrons. The lowest BCUT2D eigenvalue weighted by Gasteiger charge is -2.03. The molecule has 20 heavy (non-hydrogen) atoms. The van der Waals surface area contributed by atoms with Gasteiger partial charge in [0.05, 0.1) is 15.7 Å². The van der Waals surface area contributed by atoms with E-state index in [9.17, 15) is 4.79 Å². The minimum atomic E-state index is -0.734. The van der Waals surface area contributed by atoms with E-state index in [0.29, 0.717) is 20.1 Å². The van der Waals surface area contributed by atoms with E-state index in [-0.39, 0.29) is 11.5 Å². The maximum atomic E-state index is 11.7. The number of oxime groups is 1. The van der Waals surface area contributed by atoms with Crippen LogP contribution in [0, 0.1) is 0 Å².